The Hall–Kier alpha value is -3.79. The highest BCUT2D eigenvalue weighted by Gasteiger charge is 2.29. The molecule has 0 aliphatic heterocycles. The van der Waals surface area contributed by atoms with Gasteiger partial charge in [0, 0.05) is 19.3 Å². The van der Waals surface area contributed by atoms with E-state index in [9.17, 15) is 43.5 Å². The predicted octanol–water partition coefficient (Wildman–Crippen LogP) is 22.8. The van der Waals surface area contributed by atoms with Gasteiger partial charge in [0.1, 0.15) is 25.4 Å². The molecule has 0 radical (unpaired) electrons. The highest BCUT2D eigenvalue weighted by atomic mass is 31.2. The number of aliphatic hydroxyl groups is 2. The van der Waals surface area contributed by atoms with Crippen molar-refractivity contribution >= 4 is 33.6 Å². The molecule has 0 aromatic carbocycles. The Morgan fingerprint density at radius 3 is 0.798 bits per heavy atom. The third-order valence-electron chi connectivity index (χ3n) is 16.4. The molecule has 99 heavy (non-hydrogen) atoms. The van der Waals surface area contributed by atoms with Crippen molar-refractivity contribution in [3.63, 3.8) is 0 Å². The van der Waals surface area contributed by atoms with Crippen LogP contribution in [-0.4, -0.2) is 95.9 Å². The molecule has 0 rings (SSSR count). The van der Waals surface area contributed by atoms with E-state index in [-0.39, 0.29) is 19.3 Å². The van der Waals surface area contributed by atoms with Gasteiger partial charge in [0.05, 0.1) is 26.4 Å². The standard InChI is InChI=1S/C81H142O16P2/c1-4-7-10-13-16-19-22-25-28-30-32-33-34-35-36-37-38-39-40-41-43-45-47-49-52-55-58-61-64-67-79(84)91-70-76(82)71-93-98(87,88)94-72-77(83)73-95-99(89,90)96-75-78(97-81(86)69-66-63-60-57-54-51-46-27-24-21-18-15-12-9-6-3)74-92-80(85)68-65-62-59-56-53-50-48-44-42-31-29-26-23-20-17-14-11-8-5-2/h16-21,25-29,32-33,35-36,42,44,46,76-78,82-83H,4-15,22-24,30-31,34,37-41,43,45,47-75H2,1-3H3,(H,87,88)(H,89,90)/b19-16-,20-17-,21-18-,28-25-,29-26-,33-32-,36-35-,44-42-,46-27-. The number of hydrogen-bond donors (Lipinski definition) is 4. The highest BCUT2D eigenvalue weighted by molar-refractivity contribution is 7.47. The van der Waals surface area contributed by atoms with Crippen LogP contribution in [0.25, 0.3) is 0 Å². The average molecular weight is 1430 g/mol. The molecule has 0 saturated heterocycles. The number of ether oxygens (including phenoxy) is 3. The molecule has 0 aromatic rings. The summed E-state index contributed by atoms with van der Waals surface area (Å²) >= 11 is 0. The molecule has 0 aliphatic carbocycles. The second-order valence-corrected chi connectivity index (χ2v) is 29.1. The van der Waals surface area contributed by atoms with Crippen molar-refractivity contribution in [2.24, 2.45) is 0 Å². The van der Waals surface area contributed by atoms with E-state index < -0.39 is 91.5 Å². The minimum atomic E-state index is -4.94. The van der Waals surface area contributed by atoms with Crippen LogP contribution in [0.5, 0.6) is 0 Å². The van der Waals surface area contributed by atoms with Gasteiger partial charge in [-0.1, -0.05) is 284 Å². The molecule has 0 saturated carbocycles. The molecule has 0 spiro atoms. The molecule has 4 N–H and O–H groups in total. The lowest BCUT2D eigenvalue weighted by Crippen LogP contribution is -2.30. The van der Waals surface area contributed by atoms with E-state index in [1.807, 2.05) is 0 Å². The SMILES string of the molecule is CCCCC/C=C\C/C=C\C/C=C\C/C=C\CCCCCCCCCCCCCCCC(=O)OCC(O)COP(=O)(O)OCC(O)COP(=O)(O)OCC(COC(=O)CCCCCCCC/C=C\C/C=C\C/C=C\CCCCC)OC(=O)CCCCCCC/C=C\C/C=C\CCCCC. The minimum Gasteiger partial charge on any atom is -0.463 e. The van der Waals surface area contributed by atoms with E-state index in [1.165, 1.54) is 122 Å². The Kier molecular flexibility index (Phi) is 71.1. The Morgan fingerprint density at radius 1 is 0.283 bits per heavy atom. The quantitative estimate of drug-likeness (QED) is 0.0146. The monoisotopic (exact) mass is 1430 g/mol. The zero-order chi connectivity index (χ0) is 72.3. The number of allylic oxidation sites excluding steroid dienone is 18. The first-order valence-electron chi connectivity index (χ1n) is 39.2. The first kappa shape index (κ1) is 95.2. The van der Waals surface area contributed by atoms with Crippen molar-refractivity contribution < 1.29 is 75.8 Å². The summed E-state index contributed by atoms with van der Waals surface area (Å²) in [7, 11) is -9.79. The fraction of sp³-hybridized carbons (Fsp3) is 0.741. The average Bonchev–Trinajstić information content (AvgIpc) is 1.73. The van der Waals surface area contributed by atoms with Crippen LogP contribution in [0.2, 0.25) is 0 Å². The van der Waals surface area contributed by atoms with Crippen molar-refractivity contribution in [1.82, 2.24) is 0 Å². The molecule has 5 atom stereocenters. The Labute approximate surface area is 602 Å². The topological polar surface area (TPSA) is 231 Å². The lowest BCUT2D eigenvalue weighted by atomic mass is 10.0. The summed E-state index contributed by atoms with van der Waals surface area (Å²) in [6.07, 6.45) is 85.6. The molecule has 0 fully saturated rings. The number of rotatable bonds is 74. The van der Waals surface area contributed by atoms with Crippen LogP contribution >= 0.6 is 15.6 Å². The van der Waals surface area contributed by atoms with Gasteiger partial charge in [-0.3, -0.25) is 32.5 Å². The van der Waals surface area contributed by atoms with Gasteiger partial charge < -0.3 is 34.2 Å². The van der Waals surface area contributed by atoms with Gasteiger partial charge in [0.2, 0.25) is 0 Å². The maximum atomic E-state index is 12.9. The molecule has 572 valence electrons. The van der Waals surface area contributed by atoms with Crippen molar-refractivity contribution in [3.05, 3.63) is 109 Å². The summed E-state index contributed by atoms with van der Waals surface area (Å²) in [6.45, 7) is 2.59. The molecular formula is C81H142O16P2. The van der Waals surface area contributed by atoms with Gasteiger partial charge in [-0.25, -0.2) is 9.13 Å². The van der Waals surface area contributed by atoms with Crippen LogP contribution in [-0.2, 0) is 55.8 Å². The summed E-state index contributed by atoms with van der Waals surface area (Å²) in [6, 6.07) is 0. The Bertz CT molecular complexity index is 2240. The van der Waals surface area contributed by atoms with E-state index in [4.69, 9.17) is 32.3 Å². The molecule has 18 heteroatoms. The van der Waals surface area contributed by atoms with Crippen LogP contribution in [0, 0.1) is 0 Å². The largest absolute Gasteiger partial charge is 0.472 e. The first-order chi connectivity index (χ1) is 48.2. The van der Waals surface area contributed by atoms with E-state index in [1.54, 1.807) is 0 Å². The van der Waals surface area contributed by atoms with Crippen molar-refractivity contribution in [2.75, 3.05) is 39.6 Å². The number of phosphoric ester groups is 2. The van der Waals surface area contributed by atoms with Gasteiger partial charge in [0.15, 0.2) is 6.10 Å². The highest BCUT2D eigenvalue weighted by Crippen LogP contribution is 2.45. The molecule has 16 nitrogen and oxygen atoms in total. The number of phosphoric acid groups is 2. The zero-order valence-corrected chi connectivity index (χ0v) is 64.2. The molecule has 0 heterocycles. The lowest BCUT2D eigenvalue weighted by molar-refractivity contribution is -0.161. The van der Waals surface area contributed by atoms with Gasteiger partial charge in [-0.15, -0.1) is 0 Å². The number of esters is 3. The second kappa shape index (κ2) is 73.9. The molecular weight excluding hydrogens is 1290 g/mol. The molecule has 0 aliphatic rings. The molecule has 0 amide bonds. The van der Waals surface area contributed by atoms with E-state index in [0.29, 0.717) is 19.3 Å². The third-order valence-corrected chi connectivity index (χ3v) is 18.3. The van der Waals surface area contributed by atoms with Crippen LogP contribution in [0.15, 0.2) is 109 Å². The maximum Gasteiger partial charge on any atom is 0.472 e. The van der Waals surface area contributed by atoms with Crippen LogP contribution in [0.4, 0.5) is 0 Å². The van der Waals surface area contributed by atoms with Gasteiger partial charge in [0.25, 0.3) is 0 Å². The second-order valence-electron chi connectivity index (χ2n) is 26.2. The molecule has 0 bridgehead atoms. The summed E-state index contributed by atoms with van der Waals surface area (Å²) in [5.74, 6) is -1.60. The number of unbranched alkanes of at least 4 members (excludes halogenated alkanes) is 33. The molecule has 5 unspecified atom stereocenters. The van der Waals surface area contributed by atoms with Gasteiger partial charge in [-0.2, -0.15) is 0 Å². The smallest absolute Gasteiger partial charge is 0.463 e. The number of carbonyl (C=O) groups is 3. The van der Waals surface area contributed by atoms with Crippen LogP contribution in [0.3, 0.4) is 0 Å². The van der Waals surface area contributed by atoms with Crippen LogP contribution in [0.1, 0.15) is 329 Å². The zero-order valence-electron chi connectivity index (χ0n) is 62.4. The Morgan fingerprint density at radius 2 is 0.505 bits per heavy atom. The van der Waals surface area contributed by atoms with Crippen molar-refractivity contribution in [2.45, 2.75) is 347 Å². The maximum absolute atomic E-state index is 12.9. The fourth-order valence-corrected chi connectivity index (χ4v) is 12.0. The molecule has 0 aromatic heterocycles. The summed E-state index contributed by atoms with van der Waals surface area (Å²) in [4.78, 5) is 58.6. The number of carbonyl (C=O) groups excluding carboxylic acids is 3. The third kappa shape index (κ3) is 75.2. The van der Waals surface area contributed by atoms with E-state index in [0.717, 1.165) is 148 Å². The first-order valence-corrected chi connectivity index (χ1v) is 42.2. The normalized spacial score (nSPS) is 14.6. The van der Waals surface area contributed by atoms with Crippen LogP contribution < -0.4 is 0 Å². The van der Waals surface area contributed by atoms with E-state index >= 15 is 0 Å². The minimum absolute atomic E-state index is 0.0848. The Balaban J connectivity index is 4.52. The fourth-order valence-electron chi connectivity index (χ4n) is 10.4. The predicted molar refractivity (Wildman–Crippen MR) is 408 cm³/mol. The van der Waals surface area contributed by atoms with Gasteiger partial charge >= 0.3 is 33.6 Å². The van der Waals surface area contributed by atoms with E-state index in [2.05, 4.69) is 130 Å². The van der Waals surface area contributed by atoms with Crippen molar-refractivity contribution in [1.29, 1.82) is 0 Å². The number of hydrogen-bond acceptors (Lipinski definition) is 14. The summed E-state index contributed by atoms with van der Waals surface area (Å²) in [5, 5.41) is 20.6. The number of aliphatic hydroxyl groups excluding tert-OH is 2. The lowest BCUT2D eigenvalue weighted by Gasteiger charge is -2.21. The summed E-state index contributed by atoms with van der Waals surface area (Å²) < 4.78 is 61.1. The van der Waals surface area contributed by atoms with Gasteiger partial charge in [-0.05, 0) is 135 Å². The van der Waals surface area contributed by atoms with Crippen molar-refractivity contribution in [3.8, 4) is 0 Å². The summed E-state index contributed by atoms with van der Waals surface area (Å²) in [5.41, 5.74) is 0.